The number of hydrazone groups is 1. The van der Waals surface area contributed by atoms with Gasteiger partial charge in [-0.05, 0) is 50.4 Å². The maximum atomic E-state index is 12.6. The summed E-state index contributed by atoms with van der Waals surface area (Å²) in [7, 11) is 0. The van der Waals surface area contributed by atoms with Crippen molar-refractivity contribution in [1.82, 2.24) is 10.7 Å². The van der Waals surface area contributed by atoms with Crippen molar-refractivity contribution >= 4 is 23.2 Å². The summed E-state index contributed by atoms with van der Waals surface area (Å²) in [4.78, 5) is 25.4. The van der Waals surface area contributed by atoms with Crippen LogP contribution in [0.2, 0.25) is 0 Å². The van der Waals surface area contributed by atoms with Crippen molar-refractivity contribution in [3.8, 4) is 0 Å². The minimum atomic E-state index is -0.0187. The second-order valence-corrected chi connectivity index (χ2v) is 6.75. The van der Waals surface area contributed by atoms with Crippen molar-refractivity contribution in [3.63, 3.8) is 0 Å². The lowest BCUT2D eigenvalue weighted by Gasteiger charge is -2.30. The first-order chi connectivity index (χ1) is 12.9. The largest absolute Gasteiger partial charge is 0.356 e. The topological polar surface area (TPSA) is 99.8 Å². The highest BCUT2D eigenvalue weighted by Crippen LogP contribution is 2.30. The summed E-state index contributed by atoms with van der Waals surface area (Å²) in [6.07, 6.45) is 2.68. The molecule has 1 aliphatic heterocycles. The number of benzene rings is 1. The van der Waals surface area contributed by atoms with E-state index in [0.717, 1.165) is 36.1 Å². The molecule has 0 radical (unpaired) electrons. The summed E-state index contributed by atoms with van der Waals surface area (Å²) in [5, 5.41) is 7.20. The number of hydrogen-bond acceptors (Lipinski definition) is 5. The Morgan fingerprint density at radius 2 is 2.11 bits per heavy atom. The number of nitrogens with zero attached hydrogens (tertiary/aromatic N) is 2. The Bertz CT molecular complexity index is 742. The van der Waals surface area contributed by atoms with Gasteiger partial charge >= 0.3 is 0 Å². The monoisotopic (exact) mass is 371 g/mol. The molecule has 7 nitrogen and oxygen atoms in total. The number of carbonyl (C=O) groups excluding carboxylic acids is 2. The van der Waals surface area contributed by atoms with Crippen molar-refractivity contribution in [3.05, 3.63) is 41.6 Å². The van der Waals surface area contributed by atoms with Crippen LogP contribution in [0.25, 0.3) is 0 Å². The molecule has 146 valence electrons. The summed E-state index contributed by atoms with van der Waals surface area (Å²) in [5.41, 5.74) is 12.9. The zero-order chi connectivity index (χ0) is 19.8. The molecule has 2 rings (SSSR count). The number of rotatable bonds is 9. The van der Waals surface area contributed by atoms with Gasteiger partial charge in [0.05, 0.1) is 17.8 Å². The third kappa shape index (κ3) is 5.92. The molecule has 2 amide bonds. The molecule has 0 saturated heterocycles. The van der Waals surface area contributed by atoms with Crippen molar-refractivity contribution in [2.24, 2.45) is 10.8 Å². The molecular weight excluding hydrogens is 342 g/mol. The van der Waals surface area contributed by atoms with Gasteiger partial charge in [-0.3, -0.25) is 15.0 Å². The van der Waals surface area contributed by atoms with Crippen LogP contribution in [-0.4, -0.2) is 37.2 Å². The van der Waals surface area contributed by atoms with E-state index in [2.05, 4.69) is 28.5 Å². The molecule has 7 heteroatoms. The average molecular weight is 371 g/mol. The molecule has 1 aromatic carbocycles. The zero-order valence-corrected chi connectivity index (χ0v) is 16.2. The number of fused-ring (bicyclic) bond motifs is 1. The third-order valence-corrected chi connectivity index (χ3v) is 4.27. The quantitative estimate of drug-likeness (QED) is 0.454. The lowest BCUT2D eigenvalue weighted by atomic mass is 9.95. The first-order valence-electron chi connectivity index (χ1n) is 9.28. The smallest absolute Gasteiger partial charge is 0.233 e. The lowest BCUT2D eigenvalue weighted by Crippen LogP contribution is -2.39. The van der Waals surface area contributed by atoms with Gasteiger partial charge in [-0.1, -0.05) is 12.6 Å². The number of allylic oxidation sites excluding steroid dienone is 1. The van der Waals surface area contributed by atoms with Gasteiger partial charge in [-0.25, -0.2) is 0 Å². The van der Waals surface area contributed by atoms with Crippen molar-refractivity contribution in [1.29, 1.82) is 0 Å². The van der Waals surface area contributed by atoms with Crippen LogP contribution in [0.3, 0.4) is 0 Å². The van der Waals surface area contributed by atoms with Crippen LogP contribution in [0.5, 0.6) is 0 Å². The van der Waals surface area contributed by atoms with Crippen LogP contribution < -0.4 is 21.4 Å². The van der Waals surface area contributed by atoms with Gasteiger partial charge in [0.25, 0.3) is 0 Å². The normalized spacial score (nSPS) is 14.9. The minimum absolute atomic E-state index is 0.0187. The third-order valence-electron chi connectivity index (χ3n) is 4.27. The van der Waals surface area contributed by atoms with E-state index in [0.29, 0.717) is 31.0 Å². The Morgan fingerprint density at radius 1 is 1.33 bits per heavy atom. The maximum Gasteiger partial charge on any atom is 0.233 e. The van der Waals surface area contributed by atoms with Crippen LogP contribution >= 0.6 is 0 Å². The molecule has 0 atom stereocenters. The van der Waals surface area contributed by atoms with E-state index < -0.39 is 0 Å². The Morgan fingerprint density at radius 3 is 2.78 bits per heavy atom. The molecule has 0 aliphatic carbocycles. The van der Waals surface area contributed by atoms with Gasteiger partial charge in [-0.2, -0.15) is 5.10 Å². The SMILES string of the molecule is C=C(C)N/N=C1\CC(=O)N(CCCN)c2ccc(CCCNC(C)=O)cc21. The molecule has 1 heterocycles. The predicted molar refractivity (Wildman–Crippen MR) is 109 cm³/mol. The van der Waals surface area contributed by atoms with E-state index in [-0.39, 0.29) is 18.2 Å². The number of nitrogens with two attached hydrogens (primary N) is 1. The molecule has 0 aromatic heterocycles. The van der Waals surface area contributed by atoms with Crippen LogP contribution in [0.1, 0.15) is 44.2 Å². The van der Waals surface area contributed by atoms with E-state index in [9.17, 15) is 9.59 Å². The van der Waals surface area contributed by atoms with Gasteiger partial charge in [0.1, 0.15) is 0 Å². The molecule has 27 heavy (non-hydrogen) atoms. The maximum absolute atomic E-state index is 12.6. The fraction of sp³-hybridized carbons (Fsp3) is 0.450. The molecule has 0 bridgehead atoms. The van der Waals surface area contributed by atoms with E-state index in [4.69, 9.17) is 5.73 Å². The van der Waals surface area contributed by atoms with E-state index >= 15 is 0 Å². The first kappa shape index (κ1) is 20.6. The number of hydrogen-bond donors (Lipinski definition) is 3. The van der Waals surface area contributed by atoms with Crippen LogP contribution in [0, 0.1) is 0 Å². The summed E-state index contributed by atoms with van der Waals surface area (Å²) >= 11 is 0. The van der Waals surface area contributed by atoms with E-state index in [1.807, 2.05) is 19.1 Å². The average Bonchev–Trinajstić information content (AvgIpc) is 2.62. The molecule has 0 fully saturated rings. The number of carbonyl (C=O) groups is 2. The molecule has 1 aliphatic rings. The van der Waals surface area contributed by atoms with E-state index in [1.54, 1.807) is 4.90 Å². The number of amides is 2. The molecule has 0 unspecified atom stereocenters. The second kappa shape index (κ2) is 9.87. The number of aryl methyl sites for hydroxylation is 1. The van der Waals surface area contributed by atoms with Crippen molar-refractivity contribution < 1.29 is 9.59 Å². The van der Waals surface area contributed by atoms with Gasteiger partial charge in [0, 0.05) is 31.3 Å². The Balaban J connectivity index is 2.26. The molecule has 0 spiro atoms. The van der Waals surface area contributed by atoms with E-state index in [1.165, 1.54) is 6.92 Å². The van der Waals surface area contributed by atoms with Crippen LogP contribution in [0.4, 0.5) is 5.69 Å². The van der Waals surface area contributed by atoms with Crippen LogP contribution in [-0.2, 0) is 16.0 Å². The Hall–Kier alpha value is -2.67. The fourth-order valence-electron chi connectivity index (χ4n) is 2.99. The zero-order valence-electron chi connectivity index (χ0n) is 16.2. The van der Waals surface area contributed by atoms with Crippen molar-refractivity contribution in [2.75, 3.05) is 24.5 Å². The lowest BCUT2D eigenvalue weighted by molar-refractivity contribution is -0.119. The molecule has 1 aromatic rings. The van der Waals surface area contributed by atoms with Crippen molar-refractivity contribution in [2.45, 2.75) is 39.5 Å². The van der Waals surface area contributed by atoms with Gasteiger partial charge in [0.2, 0.25) is 11.8 Å². The highest BCUT2D eigenvalue weighted by atomic mass is 16.2. The summed E-state index contributed by atoms with van der Waals surface area (Å²) in [5.74, 6) is 0.00594. The number of nitrogens with one attached hydrogen (secondary N) is 2. The highest BCUT2D eigenvalue weighted by molar-refractivity contribution is 6.21. The fourth-order valence-corrected chi connectivity index (χ4v) is 2.99. The predicted octanol–water partition coefficient (Wildman–Crippen LogP) is 1.67. The molecule has 0 saturated carbocycles. The minimum Gasteiger partial charge on any atom is -0.356 e. The Labute approximate surface area is 160 Å². The highest BCUT2D eigenvalue weighted by Gasteiger charge is 2.28. The molecule has 4 N–H and O–H groups in total. The second-order valence-electron chi connectivity index (χ2n) is 6.75. The standard InChI is InChI=1S/C20H29N5O2/c1-14(2)23-24-18-13-20(27)25(11-5-9-21)19-8-7-16(12-17(18)19)6-4-10-22-15(3)26/h7-8,12,23H,1,4-6,9-11,13,21H2,2-3H3,(H,22,26)/b24-18+. The summed E-state index contributed by atoms with van der Waals surface area (Å²) < 4.78 is 0. The Kier molecular flexibility index (Phi) is 7.55. The number of anilines is 1. The van der Waals surface area contributed by atoms with Crippen LogP contribution in [0.15, 0.2) is 35.6 Å². The van der Waals surface area contributed by atoms with Gasteiger partial charge in [-0.15, -0.1) is 0 Å². The summed E-state index contributed by atoms with van der Waals surface area (Å²) in [6.45, 7) is 8.92. The van der Waals surface area contributed by atoms with Gasteiger partial charge in [0.15, 0.2) is 0 Å². The molecular formula is C20H29N5O2. The van der Waals surface area contributed by atoms with Gasteiger partial charge < -0.3 is 16.0 Å². The first-order valence-corrected chi connectivity index (χ1v) is 9.28. The summed E-state index contributed by atoms with van der Waals surface area (Å²) in [6, 6.07) is 6.10.